The van der Waals surface area contributed by atoms with Gasteiger partial charge in [-0.05, 0) is 44.9 Å². The highest BCUT2D eigenvalue weighted by Gasteiger charge is 2.33. The van der Waals surface area contributed by atoms with Crippen LogP contribution in [0.3, 0.4) is 0 Å². The zero-order chi connectivity index (χ0) is 13.5. The van der Waals surface area contributed by atoms with Crippen molar-refractivity contribution in [2.24, 2.45) is 11.8 Å². The average molecular weight is 256 g/mol. The van der Waals surface area contributed by atoms with Crippen molar-refractivity contribution in [1.29, 1.82) is 0 Å². The van der Waals surface area contributed by atoms with Crippen molar-refractivity contribution in [3.8, 4) is 0 Å². The summed E-state index contributed by atoms with van der Waals surface area (Å²) >= 11 is 0. The fourth-order valence-electron chi connectivity index (χ4n) is 2.67. The number of hydrogen-bond donors (Lipinski definition) is 0. The lowest BCUT2D eigenvalue weighted by Crippen LogP contribution is -2.36. The first-order valence-electron chi connectivity index (χ1n) is 7.44. The van der Waals surface area contributed by atoms with Gasteiger partial charge in [-0.3, -0.25) is 4.79 Å². The lowest BCUT2D eigenvalue weighted by molar-refractivity contribution is -0.153. The molecule has 3 heteroatoms. The molecule has 106 valence electrons. The Labute approximate surface area is 111 Å². The quantitative estimate of drug-likeness (QED) is 0.682. The van der Waals surface area contributed by atoms with Gasteiger partial charge in [0.05, 0.1) is 24.7 Å². The standard InChI is InChI=1S/C15H28O3/c1-5-13(6-2)18-14-10-12(9-8-11(14)4)15(16)17-7-3/h11-14H,5-10H2,1-4H3/t11-,12?,14?/m1/s1. The van der Waals surface area contributed by atoms with Gasteiger partial charge in [-0.25, -0.2) is 0 Å². The maximum Gasteiger partial charge on any atom is 0.309 e. The first-order chi connectivity index (χ1) is 8.62. The summed E-state index contributed by atoms with van der Waals surface area (Å²) in [6, 6.07) is 0. The van der Waals surface area contributed by atoms with Crippen LogP contribution in [0.15, 0.2) is 0 Å². The van der Waals surface area contributed by atoms with Crippen molar-refractivity contribution in [3.05, 3.63) is 0 Å². The number of rotatable bonds is 6. The zero-order valence-corrected chi connectivity index (χ0v) is 12.3. The second-order valence-electron chi connectivity index (χ2n) is 5.35. The van der Waals surface area contributed by atoms with Gasteiger partial charge in [0.15, 0.2) is 0 Å². The Kier molecular flexibility index (Phi) is 6.69. The molecule has 1 fully saturated rings. The van der Waals surface area contributed by atoms with Gasteiger partial charge in [0.1, 0.15) is 0 Å². The molecule has 0 aliphatic heterocycles. The summed E-state index contributed by atoms with van der Waals surface area (Å²) < 4.78 is 11.3. The third-order valence-electron chi connectivity index (χ3n) is 4.02. The minimum Gasteiger partial charge on any atom is -0.466 e. The first kappa shape index (κ1) is 15.5. The van der Waals surface area contributed by atoms with E-state index in [0.29, 0.717) is 18.6 Å². The van der Waals surface area contributed by atoms with Gasteiger partial charge in [0.25, 0.3) is 0 Å². The van der Waals surface area contributed by atoms with E-state index in [9.17, 15) is 4.79 Å². The highest BCUT2D eigenvalue weighted by Crippen LogP contribution is 2.33. The van der Waals surface area contributed by atoms with E-state index < -0.39 is 0 Å². The maximum absolute atomic E-state index is 11.8. The second kappa shape index (κ2) is 7.78. The van der Waals surface area contributed by atoms with Gasteiger partial charge in [0.2, 0.25) is 0 Å². The lowest BCUT2D eigenvalue weighted by atomic mass is 9.80. The summed E-state index contributed by atoms with van der Waals surface area (Å²) in [5.74, 6) is 0.555. The molecule has 0 radical (unpaired) electrons. The molecule has 1 aliphatic carbocycles. The lowest BCUT2D eigenvalue weighted by Gasteiger charge is -2.35. The second-order valence-corrected chi connectivity index (χ2v) is 5.35. The molecule has 3 nitrogen and oxygen atoms in total. The van der Waals surface area contributed by atoms with Crippen LogP contribution in [0.2, 0.25) is 0 Å². The minimum atomic E-state index is -0.0393. The molecule has 0 aromatic rings. The van der Waals surface area contributed by atoms with Gasteiger partial charge in [0, 0.05) is 0 Å². The molecule has 0 aromatic heterocycles. The van der Waals surface area contributed by atoms with Crippen LogP contribution in [0.4, 0.5) is 0 Å². The monoisotopic (exact) mass is 256 g/mol. The fourth-order valence-corrected chi connectivity index (χ4v) is 2.67. The summed E-state index contributed by atoms with van der Waals surface area (Å²) in [4.78, 5) is 11.8. The average Bonchev–Trinajstić information content (AvgIpc) is 2.38. The molecule has 0 amide bonds. The van der Waals surface area contributed by atoms with E-state index in [1.165, 1.54) is 0 Å². The Hall–Kier alpha value is -0.570. The van der Waals surface area contributed by atoms with Crippen molar-refractivity contribution >= 4 is 5.97 Å². The van der Waals surface area contributed by atoms with Gasteiger partial charge in [-0.15, -0.1) is 0 Å². The number of carbonyl (C=O) groups excluding carboxylic acids is 1. The molecule has 0 spiro atoms. The molecule has 0 heterocycles. The molecule has 1 aliphatic rings. The topological polar surface area (TPSA) is 35.5 Å². The molecular weight excluding hydrogens is 228 g/mol. The van der Waals surface area contributed by atoms with Crippen LogP contribution in [0, 0.1) is 11.8 Å². The van der Waals surface area contributed by atoms with Crippen molar-refractivity contribution in [1.82, 2.24) is 0 Å². The van der Waals surface area contributed by atoms with Gasteiger partial charge < -0.3 is 9.47 Å². The van der Waals surface area contributed by atoms with Crippen LogP contribution < -0.4 is 0 Å². The summed E-state index contributed by atoms with van der Waals surface area (Å²) in [6.07, 6.45) is 5.48. The summed E-state index contributed by atoms with van der Waals surface area (Å²) in [5.41, 5.74) is 0. The zero-order valence-electron chi connectivity index (χ0n) is 12.3. The van der Waals surface area contributed by atoms with Crippen LogP contribution >= 0.6 is 0 Å². The Balaban J connectivity index is 2.52. The predicted molar refractivity (Wildman–Crippen MR) is 72.4 cm³/mol. The van der Waals surface area contributed by atoms with Crippen molar-refractivity contribution in [3.63, 3.8) is 0 Å². The van der Waals surface area contributed by atoms with E-state index in [1.807, 2.05) is 6.92 Å². The molecular formula is C15H28O3. The van der Waals surface area contributed by atoms with Crippen LogP contribution in [0.1, 0.15) is 59.8 Å². The Morgan fingerprint density at radius 1 is 1.22 bits per heavy atom. The third-order valence-corrected chi connectivity index (χ3v) is 4.02. The van der Waals surface area contributed by atoms with E-state index in [-0.39, 0.29) is 18.0 Å². The van der Waals surface area contributed by atoms with Gasteiger partial charge in [-0.2, -0.15) is 0 Å². The smallest absolute Gasteiger partial charge is 0.309 e. The summed E-state index contributed by atoms with van der Waals surface area (Å²) in [6.45, 7) is 8.88. The maximum atomic E-state index is 11.8. The first-order valence-corrected chi connectivity index (χ1v) is 7.44. The van der Waals surface area contributed by atoms with E-state index in [1.54, 1.807) is 0 Å². The van der Waals surface area contributed by atoms with E-state index in [0.717, 1.165) is 32.1 Å². The molecule has 0 aromatic carbocycles. The molecule has 1 rings (SSSR count). The SMILES string of the molecule is CCOC(=O)C1CC[C@@H](C)C(OC(CC)CC)C1. The Morgan fingerprint density at radius 3 is 2.44 bits per heavy atom. The molecule has 1 saturated carbocycles. The van der Waals surface area contributed by atoms with Crippen LogP contribution in [0.5, 0.6) is 0 Å². The van der Waals surface area contributed by atoms with Crippen molar-refractivity contribution < 1.29 is 14.3 Å². The summed E-state index contributed by atoms with van der Waals surface area (Å²) in [5, 5.41) is 0. The number of carbonyl (C=O) groups is 1. The molecule has 0 bridgehead atoms. The molecule has 3 atom stereocenters. The third kappa shape index (κ3) is 4.27. The highest BCUT2D eigenvalue weighted by atomic mass is 16.5. The van der Waals surface area contributed by atoms with Crippen molar-refractivity contribution in [2.45, 2.75) is 72.0 Å². The van der Waals surface area contributed by atoms with Crippen LogP contribution in [0.25, 0.3) is 0 Å². The molecule has 18 heavy (non-hydrogen) atoms. The number of ether oxygens (including phenoxy) is 2. The molecule has 0 N–H and O–H groups in total. The van der Waals surface area contributed by atoms with E-state index in [4.69, 9.17) is 9.47 Å². The normalized spacial score (nSPS) is 28.4. The Morgan fingerprint density at radius 2 is 1.89 bits per heavy atom. The fraction of sp³-hybridized carbons (Fsp3) is 0.933. The van der Waals surface area contributed by atoms with Crippen molar-refractivity contribution in [2.75, 3.05) is 6.61 Å². The summed E-state index contributed by atoms with van der Waals surface area (Å²) in [7, 11) is 0. The molecule has 0 saturated heterocycles. The highest BCUT2D eigenvalue weighted by molar-refractivity contribution is 5.72. The van der Waals surface area contributed by atoms with E-state index in [2.05, 4.69) is 20.8 Å². The Bertz CT molecular complexity index is 248. The van der Waals surface area contributed by atoms with Crippen LogP contribution in [-0.4, -0.2) is 24.8 Å². The van der Waals surface area contributed by atoms with Gasteiger partial charge >= 0.3 is 5.97 Å². The van der Waals surface area contributed by atoms with E-state index >= 15 is 0 Å². The number of hydrogen-bond acceptors (Lipinski definition) is 3. The minimum absolute atomic E-state index is 0.0393. The number of esters is 1. The predicted octanol–water partition coefficient (Wildman–Crippen LogP) is 3.56. The largest absolute Gasteiger partial charge is 0.466 e. The van der Waals surface area contributed by atoms with Crippen LogP contribution in [-0.2, 0) is 14.3 Å². The molecule has 2 unspecified atom stereocenters. The van der Waals surface area contributed by atoms with Gasteiger partial charge in [-0.1, -0.05) is 20.8 Å².